The van der Waals surface area contributed by atoms with E-state index in [0.29, 0.717) is 18.3 Å². The van der Waals surface area contributed by atoms with Crippen LogP contribution in [0.1, 0.15) is 73.1 Å². The lowest BCUT2D eigenvalue weighted by Crippen LogP contribution is -2.63. The molecule has 2 aliphatic carbocycles. The van der Waals surface area contributed by atoms with Crippen molar-refractivity contribution in [3.05, 3.63) is 35.3 Å². The molecule has 1 atom stereocenters. The van der Waals surface area contributed by atoms with Gasteiger partial charge in [-0.1, -0.05) is 12.8 Å². The molecule has 3 N–H and O–H groups in total. The van der Waals surface area contributed by atoms with Gasteiger partial charge in [-0.25, -0.2) is 4.98 Å². The summed E-state index contributed by atoms with van der Waals surface area (Å²) in [7, 11) is 0. The van der Waals surface area contributed by atoms with Gasteiger partial charge in [0.15, 0.2) is 11.5 Å². The molecular formula is C24H31N7O. The molecule has 1 saturated carbocycles. The summed E-state index contributed by atoms with van der Waals surface area (Å²) in [6, 6.07) is 4.35. The van der Waals surface area contributed by atoms with Crippen LogP contribution < -0.4 is 10.6 Å². The molecule has 8 heteroatoms. The van der Waals surface area contributed by atoms with Gasteiger partial charge < -0.3 is 15.5 Å². The number of rotatable bonds is 2. The topological polar surface area (TPSA) is 98.3 Å². The number of anilines is 2. The predicted octanol–water partition coefficient (Wildman–Crippen LogP) is 3.54. The minimum Gasteiger partial charge on any atom is -0.368 e. The summed E-state index contributed by atoms with van der Waals surface area (Å²) in [6.07, 6.45) is 12.6. The van der Waals surface area contributed by atoms with E-state index in [1.54, 1.807) is 6.20 Å². The molecule has 2 aromatic rings. The van der Waals surface area contributed by atoms with Gasteiger partial charge in [-0.15, -0.1) is 0 Å². The van der Waals surface area contributed by atoms with Crippen LogP contribution >= 0.6 is 0 Å². The van der Waals surface area contributed by atoms with Crippen molar-refractivity contribution >= 4 is 23.2 Å². The third-order valence-corrected chi connectivity index (χ3v) is 7.55. The summed E-state index contributed by atoms with van der Waals surface area (Å²) in [4.78, 5) is 25.3. The Labute approximate surface area is 188 Å². The van der Waals surface area contributed by atoms with E-state index < -0.39 is 5.54 Å². The number of carbonyl (C=O) groups excluding carboxylic acids is 1. The first-order valence-corrected chi connectivity index (χ1v) is 12.2. The van der Waals surface area contributed by atoms with Crippen LogP contribution in [-0.4, -0.2) is 56.5 Å². The van der Waals surface area contributed by atoms with Gasteiger partial charge in [0.2, 0.25) is 0 Å². The molecule has 32 heavy (non-hydrogen) atoms. The molecule has 4 heterocycles. The van der Waals surface area contributed by atoms with E-state index in [4.69, 9.17) is 4.99 Å². The number of amidine groups is 1. The average Bonchev–Trinajstić information content (AvgIpc) is 3.49. The fourth-order valence-electron chi connectivity index (χ4n) is 5.86. The van der Waals surface area contributed by atoms with Crippen molar-refractivity contribution in [2.75, 3.05) is 23.7 Å². The fraction of sp³-hybridized carbons (Fsp3) is 0.583. The van der Waals surface area contributed by atoms with Crippen molar-refractivity contribution < 1.29 is 4.79 Å². The first-order chi connectivity index (χ1) is 15.7. The number of H-pyrrole nitrogens is 1. The molecule has 1 saturated heterocycles. The van der Waals surface area contributed by atoms with E-state index >= 15 is 0 Å². The molecule has 1 amide bonds. The molecule has 8 nitrogen and oxygen atoms in total. The second-order valence-electron chi connectivity index (χ2n) is 9.71. The quantitative estimate of drug-likeness (QED) is 0.673. The van der Waals surface area contributed by atoms with Crippen LogP contribution in [0.5, 0.6) is 0 Å². The van der Waals surface area contributed by atoms with Crippen LogP contribution in [0.4, 0.5) is 11.5 Å². The molecule has 2 fully saturated rings. The lowest BCUT2D eigenvalue weighted by molar-refractivity contribution is 0.0687. The van der Waals surface area contributed by atoms with Crippen LogP contribution in [0.3, 0.4) is 0 Å². The molecule has 168 valence electrons. The van der Waals surface area contributed by atoms with Crippen LogP contribution in [0.2, 0.25) is 0 Å². The third kappa shape index (κ3) is 3.36. The molecule has 0 radical (unpaired) electrons. The lowest BCUT2D eigenvalue weighted by Gasteiger charge is -2.47. The molecule has 1 spiro atoms. The van der Waals surface area contributed by atoms with Crippen LogP contribution in [0.15, 0.2) is 23.3 Å². The number of fused-ring (bicyclic) bond motifs is 2. The number of hydrogen-bond donors (Lipinski definition) is 3. The number of aryl methyl sites for hydroxylation is 1. The van der Waals surface area contributed by atoms with Gasteiger partial charge in [0.05, 0.1) is 18.3 Å². The number of amides is 1. The second-order valence-corrected chi connectivity index (χ2v) is 9.71. The number of likely N-dealkylation sites (tertiary alicyclic amines) is 1. The van der Waals surface area contributed by atoms with Crippen molar-refractivity contribution in [3.8, 4) is 0 Å². The van der Waals surface area contributed by atoms with Crippen molar-refractivity contribution in [2.24, 2.45) is 4.99 Å². The normalized spacial score (nSPS) is 26.5. The van der Waals surface area contributed by atoms with Gasteiger partial charge in [0, 0.05) is 24.0 Å². The Balaban J connectivity index is 1.33. The Bertz CT molecular complexity index is 1050. The van der Waals surface area contributed by atoms with Crippen LogP contribution in [-0.2, 0) is 12.8 Å². The summed E-state index contributed by atoms with van der Waals surface area (Å²) >= 11 is 0. The first-order valence-electron chi connectivity index (χ1n) is 12.2. The van der Waals surface area contributed by atoms with Crippen molar-refractivity contribution in [1.82, 2.24) is 20.1 Å². The summed E-state index contributed by atoms with van der Waals surface area (Å²) < 4.78 is 0. The first kappa shape index (κ1) is 19.8. The molecule has 4 aliphatic rings. The van der Waals surface area contributed by atoms with E-state index in [-0.39, 0.29) is 5.91 Å². The number of aromatic amines is 1. The van der Waals surface area contributed by atoms with E-state index in [0.717, 1.165) is 80.1 Å². The van der Waals surface area contributed by atoms with Gasteiger partial charge in [0.25, 0.3) is 5.91 Å². The maximum absolute atomic E-state index is 13.6. The lowest BCUT2D eigenvalue weighted by atomic mass is 9.85. The molecule has 2 aliphatic heterocycles. The third-order valence-electron chi connectivity index (χ3n) is 7.55. The molecule has 6 rings (SSSR count). The maximum Gasteiger partial charge on any atom is 0.274 e. The van der Waals surface area contributed by atoms with Gasteiger partial charge in [-0.2, -0.15) is 5.10 Å². The highest BCUT2D eigenvalue weighted by atomic mass is 16.2. The van der Waals surface area contributed by atoms with Gasteiger partial charge in [-0.3, -0.25) is 14.9 Å². The monoisotopic (exact) mass is 433 g/mol. The number of aliphatic imine (C=N–C) groups is 1. The summed E-state index contributed by atoms with van der Waals surface area (Å²) in [6.45, 7) is 1.33. The average molecular weight is 434 g/mol. The zero-order valence-corrected chi connectivity index (χ0v) is 18.5. The zero-order valence-electron chi connectivity index (χ0n) is 18.5. The van der Waals surface area contributed by atoms with Crippen LogP contribution in [0, 0.1) is 0 Å². The van der Waals surface area contributed by atoms with E-state index in [1.165, 1.54) is 19.3 Å². The molecule has 0 bridgehead atoms. The molecule has 0 aromatic carbocycles. The Morgan fingerprint density at radius 2 is 2.03 bits per heavy atom. The number of hydrogen-bond acceptors (Lipinski definition) is 5. The Kier molecular flexibility index (Phi) is 4.88. The van der Waals surface area contributed by atoms with E-state index in [2.05, 4.69) is 25.8 Å². The predicted molar refractivity (Wildman–Crippen MR) is 124 cm³/mol. The van der Waals surface area contributed by atoms with Crippen LogP contribution in [0.25, 0.3) is 0 Å². The number of piperidine rings is 1. The smallest absolute Gasteiger partial charge is 0.274 e. The Morgan fingerprint density at radius 1 is 1.16 bits per heavy atom. The highest BCUT2D eigenvalue weighted by Crippen LogP contribution is 2.37. The molecule has 2 aromatic heterocycles. The molecule has 1 unspecified atom stereocenters. The van der Waals surface area contributed by atoms with Gasteiger partial charge in [0.1, 0.15) is 11.4 Å². The zero-order chi connectivity index (χ0) is 21.5. The number of nitrogens with zero attached hydrogens (tertiary/aromatic N) is 4. The Morgan fingerprint density at radius 3 is 2.94 bits per heavy atom. The summed E-state index contributed by atoms with van der Waals surface area (Å²) in [5.74, 6) is 1.80. The van der Waals surface area contributed by atoms with E-state index in [1.807, 2.05) is 17.0 Å². The summed E-state index contributed by atoms with van der Waals surface area (Å²) in [5.41, 5.74) is 3.46. The van der Waals surface area contributed by atoms with Crippen molar-refractivity contribution in [1.29, 1.82) is 0 Å². The summed E-state index contributed by atoms with van der Waals surface area (Å²) in [5, 5.41) is 14.9. The highest BCUT2D eigenvalue weighted by molar-refractivity contribution is 6.09. The number of nitrogens with one attached hydrogen (secondary N) is 3. The maximum atomic E-state index is 13.6. The largest absolute Gasteiger partial charge is 0.368 e. The SMILES string of the molecule is O=C(c1n[nH]c2c1CCCC2)N1CCCC2(C1)Nc1cccnc1NC2=NC1CCCC1. The number of pyridine rings is 1. The second kappa shape index (κ2) is 7.90. The van der Waals surface area contributed by atoms with Crippen molar-refractivity contribution in [2.45, 2.75) is 75.8 Å². The van der Waals surface area contributed by atoms with Gasteiger partial charge >= 0.3 is 0 Å². The van der Waals surface area contributed by atoms with E-state index in [9.17, 15) is 4.79 Å². The highest BCUT2D eigenvalue weighted by Gasteiger charge is 2.46. The standard InChI is InChI=1S/C24H31N7O/c32-22(20-17-9-3-4-10-18(17)29-30-20)31-14-6-12-24(15-31)23(26-16-7-1-2-8-16)27-21-19(28-24)11-5-13-25-21/h5,11,13,16,28H,1-4,6-10,12,14-15H2,(H,29,30)(H,25,26,27). The fourth-order valence-corrected chi connectivity index (χ4v) is 5.86. The number of carbonyl (C=O) groups is 1. The van der Waals surface area contributed by atoms with Crippen molar-refractivity contribution in [3.63, 3.8) is 0 Å². The number of aromatic nitrogens is 3. The minimum atomic E-state index is -0.414. The minimum absolute atomic E-state index is 0.0440. The molecular weight excluding hydrogens is 402 g/mol. The Hall–Kier alpha value is -2.90. The van der Waals surface area contributed by atoms with Gasteiger partial charge in [-0.05, 0) is 63.5 Å².